The summed E-state index contributed by atoms with van der Waals surface area (Å²) in [5, 5.41) is 2.13. The molecule has 1 atom stereocenters. The smallest absolute Gasteiger partial charge is 0.280 e. The topological polar surface area (TPSA) is 55.2 Å². The van der Waals surface area contributed by atoms with E-state index < -0.39 is 5.92 Å². The van der Waals surface area contributed by atoms with Crippen LogP contribution >= 0.6 is 0 Å². The van der Waals surface area contributed by atoms with Crippen LogP contribution in [0.4, 0.5) is 4.53 Å². The fourth-order valence-corrected chi connectivity index (χ4v) is 1.36. The highest BCUT2D eigenvalue weighted by molar-refractivity contribution is 5.14. The number of hydrogen-bond donors (Lipinski definition) is 1. The minimum absolute atomic E-state index is 0.0252. The van der Waals surface area contributed by atoms with Crippen LogP contribution in [-0.4, -0.2) is 5.16 Å². The fraction of sp³-hybridized carbons (Fsp3) is 0.444. The zero-order chi connectivity index (χ0) is 10.7. The number of H-pyrrole nitrogens is 1. The Morgan fingerprint density at radius 3 is 2.71 bits per heavy atom. The van der Waals surface area contributed by atoms with E-state index in [-0.39, 0.29) is 17.2 Å². The van der Waals surface area contributed by atoms with Crippen LogP contribution in [0, 0.1) is 5.92 Å². The van der Waals surface area contributed by atoms with Gasteiger partial charge in [-0.2, -0.15) is 5.16 Å². The van der Waals surface area contributed by atoms with Gasteiger partial charge in [-0.1, -0.05) is 20.4 Å². The Morgan fingerprint density at radius 2 is 2.36 bits per heavy atom. The molecule has 1 N–H and O–H groups in total. The molecule has 0 radical (unpaired) electrons. The van der Waals surface area contributed by atoms with E-state index in [1.807, 2.05) is 13.8 Å². The quantitative estimate of drug-likeness (QED) is 0.759. The van der Waals surface area contributed by atoms with E-state index in [9.17, 15) is 9.32 Å². The van der Waals surface area contributed by atoms with Crippen LogP contribution in [0.15, 0.2) is 27.7 Å². The third kappa shape index (κ3) is 2.04. The lowest BCUT2D eigenvalue weighted by atomic mass is 9.92. The van der Waals surface area contributed by atoms with Gasteiger partial charge in [-0.25, -0.2) is 0 Å². The first-order valence-corrected chi connectivity index (χ1v) is 4.22. The average molecular weight is 201 g/mol. The second kappa shape index (κ2) is 4.13. The summed E-state index contributed by atoms with van der Waals surface area (Å²) in [5.74, 6) is -0.174. The van der Waals surface area contributed by atoms with Gasteiger partial charge in [0, 0.05) is 10.6 Å². The van der Waals surface area contributed by atoms with Crippen molar-refractivity contribution < 1.29 is 14.0 Å². The van der Waals surface area contributed by atoms with Crippen LogP contribution < -0.4 is 5.56 Å². The molecule has 0 saturated heterocycles. The normalized spacial score (nSPS) is 12.9. The molecular weight excluding hydrogens is 189 g/mol. The lowest BCUT2D eigenvalue weighted by Gasteiger charge is -2.16. The summed E-state index contributed by atoms with van der Waals surface area (Å²) in [6, 6.07) is 1.26. The van der Waals surface area contributed by atoms with Gasteiger partial charge >= 0.3 is 0 Å². The van der Waals surface area contributed by atoms with Crippen LogP contribution in [-0.2, 0) is 4.94 Å². The van der Waals surface area contributed by atoms with Gasteiger partial charge in [-0.15, -0.1) is 0 Å². The van der Waals surface area contributed by atoms with Crippen molar-refractivity contribution in [3.8, 4) is 0 Å². The molecule has 0 aliphatic heterocycles. The largest absolute Gasteiger partial charge is 0.383 e. The minimum Gasteiger partial charge on any atom is -0.383 e. The number of aromatic amines is 1. The molecule has 78 valence electrons. The molecule has 0 fully saturated rings. The molecule has 1 rings (SSSR count). The Labute approximate surface area is 80.2 Å². The molecule has 14 heavy (non-hydrogen) atoms. The molecule has 0 aliphatic rings. The summed E-state index contributed by atoms with van der Waals surface area (Å²) >= 11 is 0. The molecule has 1 unspecified atom stereocenters. The summed E-state index contributed by atoms with van der Waals surface area (Å²) in [4.78, 5) is 14.4. The molecule has 0 aliphatic carbocycles. The van der Waals surface area contributed by atoms with E-state index in [2.05, 4.69) is 16.7 Å². The van der Waals surface area contributed by atoms with E-state index in [4.69, 9.17) is 4.52 Å². The molecule has 0 aromatic carbocycles. The Hall–Kier alpha value is -1.52. The molecule has 0 saturated carbocycles. The molecule has 0 bridgehead atoms. The van der Waals surface area contributed by atoms with Crippen molar-refractivity contribution >= 4 is 0 Å². The van der Waals surface area contributed by atoms with Gasteiger partial charge in [-0.3, -0.25) is 9.74 Å². The number of hydrogen-bond acceptors (Lipinski definition) is 3. The molecule has 1 heterocycles. The number of aromatic nitrogens is 1. The second-order valence-electron chi connectivity index (χ2n) is 3.38. The van der Waals surface area contributed by atoms with Crippen LogP contribution in [0.25, 0.3) is 0 Å². The van der Waals surface area contributed by atoms with Crippen molar-refractivity contribution in [2.45, 2.75) is 19.8 Å². The van der Waals surface area contributed by atoms with Crippen molar-refractivity contribution in [3.05, 3.63) is 34.5 Å². The molecule has 4 nitrogen and oxygen atoms in total. The molecule has 1 aromatic heterocycles. The van der Waals surface area contributed by atoms with Gasteiger partial charge in [0.2, 0.25) is 0 Å². The molecule has 0 amide bonds. The Balaban J connectivity index is 3.00. The molecule has 5 heteroatoms. The van der Waals surface area contributed by atoms with E-state index in [1.54, 1.807) is 0 Å². The zero-order valence-electron chi connectivity index (χ0n) is 8.04. The standard InChI is InChI=1S/C9H12FNO3/c1-5(2)9(6(3)13-10)7-4-8(12)11-14-7/h4-5,9H,3H2,1-2H3,(H,11,12). The van der Waals surface area contributed by atoms with Crippen LogP contribution in [0.5, 0.6) is 0 Å². The van der Waals surface area contributed by atoms with Crippen molar-refractivity contribution in [2.24, 2.45) is 5.92 Å². The van der Waals surface area contributed by atoms with E-state index >= 15 is 0 Å². The Bertz CT molecular complexity index is 366. The van der Waals surface area contributed by atoms with Crippen molar-refractivity contribution in [2.75, 3.05) is 0 Å². The van der Waals surface area contributed by atoms with E-state index in [0.29, 0.717) is 5.76 Å². The number of allylic oxidation sites excluding steroid dienone is 1. The van der Waals surface area contributed by atoms with Gasteiger partial charge in [0.05, 0.1) is 5.92 Å². The van der Waals surface area contributed by atoms with Crippen LogP contribution in [0.3, 0.4) is 0 Å². The lowest BCUT2D eigenvalue weighted by Crippen LogP contribution is -2.09. The Kier molecular flexibility index (Phi) is 3.11. The minimum atomic E-state index is -0.459. The molecule has 1 aromatic rings. The molecule has 0 spiro atoms. The van der Waals surface area contributed by atoms with E-state index in [1.165, 1.54) is 6.07 Å². The monoisotopic (exact) mass is 201 g/mol. The van der Waals surface area contributed by atoms with Crippen molar-refractivity contribution in [1.82, 2.24) is 5.16 Å². The predicted molar refractivity (Wildman–Crippen MR) is 48.2 cm³/mol. The number of rotatable bonds is 4. The average Bonchev–Trinajstić information content (AvgIpc) is 2.51. The summed E-state index contributed by atoms with van der Waals surface area (Å²) < 4.78 is 16.8. The van der Waals surface area contributed by atoms with Crippen molar-refractivity contribution in [1.29, 1.82) is 0 Å². The van der Waals surface area contributed by atoms with E-state index in [0.717, 1.165) is 0 Å². The first-order valence-electron chi connectivity index (χ1n) is 4.22. The third-order valence-electron chi connectivity index (χ3n) is 1.96. The summed E-state index contributed by atoms with van der Waals surface area (Å²) in [7, 11) is 0. The SMILES string of the molecule is C=C(OF)C(c1cc(=O)[nH]o1)C(C)C. The highest BCUT2D eigenvalue weighted by Gasteiger charge is 2.25. The van der Waals surface area contributed by atoms with Crippen LogP contribution in [0.2, 0.25) is 0 Å². The van der Waals surface area contributed by atoms with Gasteiger partial charge in [-0.05, 0) is 5.92 Å². The number of nitrogens with one attached hydrogen (secondary N) is 1. The van der Waals surface area contributed by atoms with Gasteiger partial charge in [0.1, 0.15) is 5.76 Å². The highest BCUT2D eigenvalue weighted by Crippen LogP contribution is 2.30. The maximum absolute atomic E-state index is 12.0. The van der Waals surface area contributed by atoms with Gasteiger partial charge in [0.15, 0.2) is 5.76 Å². The Morgan fingerprint density at radius 1 is 1.71 bits per heavy atom. The summed E-state index contributed by atoms with van der Waals surface area (Å²) in [6.45, 7) is 7.11. The summed E-state index contributed by atoms with van der Waals surface area (Å²) in [6.07, 6.45) is 0. The predicted octanol–water partition coefficient (Wildman–Crippen LogP) is 2.12. The zero-order valence-corrected chi connectivity index (χ0v) is 8.04. The second-order valence-corrected chi connectivity index (χ2v) is 3.38. The third-order valence-corrected chi connectivity index (χ3v) is 1.96. The maximum atomic E-state index is 12.0. The highest BCUT2D eigenvalue weighted by atomic mass is 19.3. The van der Waals surface area contributed by atoms with Gasteiger partial charge < -0.3 is 4.52 Å². The molecular formula is C9H12FNO3. The first kappa shape index (κ1) is 10.6. The lowest BCUT2D eigenvalue weighted by molar-refractivity contribution is -0.0930. The first-order chi connectivity index (χ1) is 6.56. The van der Waals surface area contributed by atoms with Gasteiger partial charge in [0.25, 0.3) is 5.56 Å². The maximum Gasteiger partial charge on any atom is 0.280 e. The van der Waals surface area contributed by atoms with Crippen molar-refractivity contribution in [3.63, 3.8) is 0 Å². The van der Waals surface area contributed by atoms with Crippen LogP contribution in [0.1, 0.15) is 25.5 Å². The number of halogens is 1. The fourth-order valence-electron chi connectivity index (χ4n) is 1.36. The summed E-state index contributed by atoms with van der Waals surface area (Å²) in [5.41, 5.74) is -0.364.